The summed E-state index contributed by atoms with van der Waals surface area (Å²) in [6, 6.07) is 12.4. The van der Waals surface area contributed by atoms with E-state index in [0.29, 0.717) is 24.5 Å². The predicted molar refractivity (Wildman–Crippen MR) is 83.0 cm³/mol. The molecule has 0 fully saturated rings. The molecule has 0 amide bonds. The zero-order valence-electron chi connectivity index (χ0n) is 11.8. The number of carboxylic acid groups (broad SMARTS) is 1. The zero-order chi connectivity index (χ0) is 15.2. The second-order valence-corrected chi connectivity index (χ2v) is 4.70. The van der Waals surface area contributed by atoms with Crippen LogP contribution in [-0.4, -0.2) is 24.2 Å². The Kier molecular flexibility index (Phi) is 4.66. The molecule has 0 aliphatic carbocycles. The summed E-state index contributed by atoms with van der Waals surface area (Å²) in [5.74, 6) is -0.195. The number of aryl methyl sites for hydroxylation is 1. The number of hydrogen-bond donors (Lipinski definition) is 3. The lowest BCUT2D eigenvalue weighted by molar-refractivity contribution is 0.0698. The van der Waals surface area contributed by atoms with Gasteiger partial charge < -0.3 is 20.9 Å². The van der Waals surface area contributed by atoms with Crippen LogP contribution in [0.1, 0.15) is 15.9 Å². The van der Waals surface area contributed by atoms with Crippen molar-refractivity contribution in [3.63, 3.8) is 0 Å². The van der Waals surface area contributed by atoms with E-state index >= 15 is 0 Å². The highest BCUT2D eigenvalue weighted by molar-refractivity contribution is 5.95. The Morgan fingerprint density at radius 3 is 2.81 bits per heavy atom. The van der Waals surface area contributed by atoms with Crippen LogP contribution in [0.5, 0.6) is 5.75 Å². The molecule has 5 heteroatoms. The van der Waals surface area contributed by atoms with Crippen LogP contribution < -0.4 is 15.8 Å². The first-order chi connectivity index (χ1) is 10.1. The van der Waals surface area contributed by atoms with Gasteiger partial charge in [-0.15, -0.1) is 0 Å². The fraction of sp³-hybridized carbons (Fsp3) is 0.188. The smallest absolute Gasteiger partial charge is 0.337 e. The summed E-state index contributed by atoms with van der Waals surface area (Å²) in [7, 11) is 0. The van der Waals surface area contributed by atoms with E-state index in [1.54, 1.807) is 12.1 Å². The lowest BCUT2D eigenvalue weighted by Gasteiger charge is -2.11. The van der Waals surface area contributed by atoms with Gasteiger partial charge in [-0.3, -0.25) is 0 Å². The highest BCUT2D eigenvalue weighted by atomic mass is 16.5. The Bertz CT molecular complexity index is 641. The summed E-state index contributed by atoms with van der Waals surface area (Å²) in [5.41, 5.74) is 8.01. The number of rotatable bonds is 6. The molecule has 0 unspecified atom stereocenters. The summed E-state index contributed by atoms with van der Waals surface area (Å²) in [6.07, 6.45) is 0. The largest absolute Gasteiger partial charge is 0.492 e. The number of carboxylic acids is 1. The Balaban J connectivity index is 1.91. The number of aromatic carboxylic acids is 1. The molecule has 110 valence electrons. The molecule has 0 aliphatic heterocycles. The first kappa shape index (κ1) is 14.7. The van der Waals surface area contributed by atoms with Crippen molar-refractivity contribution in [2.45, 2.75) is 6.92 Å². The molecule has 2 rings (SSSR count). The van der Waals surface area contributed by atoms with E-state index in [0.717, 1.165) is 11.3 Å². The Morgan fingerprint density at radius 2 is 2.10 bits per heavy atom. The third kappa shape index (κ3) is 4.14. The van der Waals surface area contributed by atoms with Crippen LogP contribution in [0.15, 0.2) is 42.5 Å². The molecule has 0 spiro atoms. The number of ether oxygens (including phenoxy) is 1. The second-order valence-electron chi connectivity index (χ2n) is 4.70. The van der Waals surface area contributed by atoms with Crippen LogP contribution in [-0.2, 0) is 0 Å². The average Bonchev–Trinajstić information content (AvgIpc) is 2.43. The van der Waals surface area contributed by atoms with Crippen molar-refractivity contribution in [1.29, 1.82) is 0 Å². The number of carbonyl (C=O) groups is 1. The van der Waals surface area contributed by atoms with Gasteiger partial charge >= 0.3 is 5.97 Å². The minimum atomic E-state index is -0.989. The maximum atomic E-state index is 11.1. The van der Waals surface area contributed by atoms with Crippen LogP contribution in [0.25, 0.3) is 0 Å². The lowest BCUT2D eigenvalue weighted by Crippen LogP contribution is -2.14. The predicted octanol–water partition coefficient (Wildman–Crippen LogP) is 2.77. The highest BCUT2D eigenvalue weighted by Gasteiger charge is 2.09. The van der Waals surface area contributed by atoms with Crippen molar-refractivity contribution in [2.75, 3.05) is 24.2 Å². The molecule has 0 atom stereocenters. The summed E-state index contributed by atoms with van der Waals surface area (Å²) in [5, 5.41) is 12.1. The van der Waals surface area contributed by atoms with Crippen molar-refractivity contribution in [2.24, 2.45) is 0 Å². The van der Waals surface area contributed by atoms with E-state index in [-0.39, 0.29) is 5.56 Å². The van der Waals surface area contributed by atoms with Crippen LogP contribution in [0.2, 0.25) is 0 Å². The third-order valence-corrected chi connectivity index (χ3v) is 2.95. The van der Waals surface area contributed by atoms with Gasteiger partial charge in [-0.1, -0.05) is 12.1 Å². The molecular formula is C16H18N2O3. The summed E-state index contributed by atoms with van der Waals surface area (Å²) < 4.78 is 5.60. The lowest BCUT2D eigenvalue weighted by atomic mass is 10.1. The highest BCUT2D eigenvalue weighted by Crippen LogP contribution is 2.19. The second kappa shape index (κ2) is 6.65. The molecule has 2 aromatic rings. The summed E-state index contributed by atoms with van der Waals surface area (Å²) in [6.45, 7) is 2.91. The number of benzene rings is 2. The Morgan fingerprint density at radius 1 is 1.29 bits per heavy atom. The molecule has 4 N–H and O–H groups in total. The van der Waals surface area contributed by atoms with Crippen LogP contribution in [0, 0.1) is 6.92 Å². The third-order valence-electron chi connectivity index (χ3n) is 2.95. The molecule has 0 saturated heterocycles. The van der Waals surface area contributed by atoms with E-state index in [1.807, 2.05) is 31.2 Å². The molecular weight excluding hydrogens is 268 g/mol. The van der Waals surface area contributed by atoms with Crippen LogP contribution in [0.3, 0.4) is 0 Å². The standard InChI is InChI=1S/C16H18N2O3/c1-11-3-2-4-13(9-11)21-8-7-18-15-10-12(17)5-6-14(15)16(19)20/h2-6,9-10,18H,7-8,17H2,1H3,(H,19,20). The number of anilines is 2. The summed E-state index contributed by atoms with van der Waals surface area (Å²) >= 11 is 0. The quantitative estimate of drug-likeness (QED) is 0.561. The van der Waals surface area contributed by atoms with E-state index in [1.165, 1.54) is 6.07 Å². The number of nitrogens with two attached hydrogens (primary N) is 1. The number of hydrogen-bond acceptors (Lipinski definition) is 4. The molecule has 0 aliphatic rings. The van der Waals surface area contributed by atoms with E-state index in [2.05, 4.69) is 5.32 Å². The molecule has 0 heterocycles. The van der Waals surface area contributed by atoms with Gasteiger partial charge in [0.05, 0.1) is 11.3 Å². The van der Waals surface area contributed by atoms with Crippen molar-refractivity contribution in [3.8, 4) is 5.75 Å². The van der Waals surface area contributed by atoms with E-state index < -0.39 is 5.97 Å². The van der Waals surface area contributed by atoms with Gasteiger partial charge in [0.2, 0.25) is 0 Å². The van der Waals surface area contributed by atoms with Gasteiger partial charge in [0.15, 0.2) is 0 Å². The fourth-order valence-corrected chi connectivity index (χ4v) is 1.95. The summed E-state index contributed by atoms with van der Waals surface area (Å²) in [4.78, 5) is 11.1. The van der Waals surface area contributed by atoms with Crippen molar-refractivity contribution >= 4 is 17.3 Å². The maximum Gasteiger partial charge on any atom is 0.337 e. The number of nitrogen functional groups attached to an aromatic ring is 1. The molecule has 0 saturated carbocycles. The normalized spacial score (nSPS) is 10.1. The van der Waals surface area contributed by atoms with Crippen molar-refractivity contribution in [3.05, 3.63) is 53.6 Å². The molecule has 2 aromatic carbocycles. The monoisotopic (exact) mass is 286 g/mol. The molecule has 21 heavy (non-hydrogen) atoms. The average molecular weight is 286 g/mol. The molecule has 0 radical (unpaired) electrons. The SMILES string of the molecule is Cc1cccc(OCCNc2cc(N)ccc2C(=O)O)c1. The van der Waals surface area contributed by atoms with E-state index in [9.17, 15) is 4.79 Å². The van der Waals surface area contributed by atoms with Gasteiger partial charge in [0, 0.05) is 12.2 Å². The topological polar surface area (TPSA) is 84.6 Å². The van der Waals surface area contributed by atoms with Gasteiger partial charge in [-0.05, 0) is 42.8 Å². The molecule has 0 bridgehead atoms. The maximum absolute atomic E-state index is 11.1. The van der Waals surface area contributed by atoms with Gasteiger partial charge in [-0.2, -0.15) is 0 Å². The minimum absolute atomic E-state index is 0.194. The minimum Gasteiger partial charge on any atom is -0.492 e. The van der Waals surface area contributed by atoms with Gasteiger partial charge in [0.1, 0.15) is 12.4 Å². The first-order valence-corrected chi connectivity index (χ1v) is 6.62. The van der Waals surface area contributed by atoms with Crippen LogP contribution >= 0.6 is 0 Å². The fourth-order valence-electron chi connectivity index (χ4n) is 1.95. The van der Waals surface area contributed by atoms with Gasteiger partial charge in [0.25, 0.3) is 0 Å². The van der Waals surface area contributed by atoms with E-state index in [4.69, 9.17) is 15.6 Å². The van der Waals surface area contributed by atoms with Gasteiger partial charge in [-0.25, -0.2) is 4.79 Å². The van der Waals surface area contributed by atoms with Crippen molar-refractivity contribution < 1.29 is 14.6 Å². The molecule has 0 aromatic heterocycles. The number of nitrogens with one attached hydrogen (secondary N) is 1. The molecule has 5 nitrogen and oxygen atoms in total. The van der Waals surface area contributed by atoms with Crippen LogP contribution in [0.4, 0.5) is 11.4 Å². The Labute approximate surface area is 123 Å². The zero-order valence-corrected chi connectivity index (χ0v) is 11.8. The first-order valence-electron chi connectivity index (χ1n) is 6.62. The Hall–Kier alpha value is -2.69. The van der Waals surface area contributed by atoms with Crippen molar-refractivity contribution in [1.82, 2.24) is 0 Å².